The topological polar surface area (TPSA) is 93.8 Å². The minimum absolute atomic E-state index is 0.0924. The molecule has 7 nitrogen and oxygen atoms in total. The summed E-state index contributed by atoms with van der Waals surface area (Å²) >= 11 is 0. The van der Waals surface area contributed by atoms with Gasteiger partial charge in [-0.2, -0.15) is 5.10 Å². The van der Waals surface area contributed by atoms with Gasteiger partial charge in [0.25, 0.3) is 11.6 Å². The van der Waals surface area contributed by atoms with Gasteiger partial charge in [-0.25, -0.2) is 5.43 Å². The van der Waals surface area contributed by atoms with Gasteiger partial charge in [-0.05, 0) is 18.2 Å². The minimum Gasteiger partial charge on any atom is -0.489 e. The number of benzene rings is 2. The molecule has 2 aromatic carbocycles. The van der Waals surface area contributed by atoms with Crippen molar-refractivity contribution in [1.82, 2.24) is 5.43 Å². The lowest BCUT2D eigenvalue weighted by atomic mass is 10.2. The molecule has 0 aliphatic rings. The quantitative estimate of drug-likeness (QED) is 0.366. The highest BCUT2D eigenvalue weighted by atomic mass is 16.6. The smallest absolute Gasteiger partial charge is 0.278 e. The molecule has 0 radical (unpaired) electrons. The highest BCUT2D eigenvalue weighted by molar-refractivity contribution is 5.97. The molecule has 0 heterocycles. The van der Waals surface area contributed by atoms with E-state index in [1.54, 1.807) is 42.5 Å². The first-order valence-electron chi connectivity index (χ1n) is 7.03. The predicted octanol–water partition coefficient (Wildman–Crippen LogP) is 2.92. The second-order valence-electron chi connectivity index (χ2n) is 4.61. The zero-order valence-electron chi connectivity index (χ0n) is 12.7. The van der Waals surface area contributed by atoms with E-state index in [0.29, 0.717) is 16.9 Å². The maximum atomic E-state index is 12.2. The average Bonchev–Trinajstić information content (AvgIpc) is 2.60. The number of carbonyl (C=O) groups excluding carboxylic acids is 1. The highest BCUT2D eigenvalue weighted by Gasteiger charge is 2.12. The molecule has 0 spiro atoms. The van der Waals surface area contributed by atoms with Crippen LogP contribution in [-0.2, 0) is 0 Å². The third-order valence-corrected chi connectivity index (χ3v) is 2.99. The molecule has 7 heteroatoms. The summed E-state index contributed by atoms with van der Waals surface area (Å²) in [6.07, 6.45) is 2.80. The van der Waals surface area contributed by atoms with Gasteiger partial charge in [0.1, 0.15) is 12.4 Å². The molecule has 24 heavy (non-hydrogen) atoms. The number of hydrogen-bond donors (Lipinski definition) is 1. The molecule has 0 aliphatic carbocycles. The molecule has 0 aliphatic heterocycles. The van der Waals surface area contributed by atoms with Crippen LogP contribution in [0.5, 0.6) is 5.75 Å². The van der Waals surface area contributed by atoms with Crippen LogP contribution in [0.2, 0.25) is 0 Å². The summed E-state index contributed by atoms with van der Waals surface area (Å²) in [7, 11) is 0. The first-order valence-corrected chi connectivity index (χ1v) is 7.03. The monoisotopic (exact) mass is 325 g/mol. The number of para-hydroxylation sites is 2. The van der Waals surface area contributed by atoms with Crippen molar-refractivity contribution in [3.05, 3.63) is 82.4 Å². The van der Waals surface area contributed by atoms with Gasteiger partial charge in [-0.15, -0.1) is 0 Å². The third kappa shape index (κ3) is 4.26. The van der Waals surface area contributed by atoms with Gasteiger partial charge in [0.05, 0.1) is 22.3 Å². The lowest BCUT2D eigenvalue weighted by molar-refractivity contribution is -0.385. The fourth-order valence-electron chi connectivity index (χ4n) is 1.91. The van der Waals surface area contributed by atoms with Crippen LogP contribution >= 0.6 is 0 Å². The number of hydrogen-bond acceptors (Lipinski definition) is 5. The minimum atomic E-state index is -0.512. The second kappa shape index (κ2) is 8.23. The van der Waals surface area contributed by atoms with Crippen LogP contribution < -0.4 is 10.2 Å². The van der Waals surface area contributed by atoms with Crippen molar-refractivity contribution < 1.29 is 14.5 Å². The number of nitro groups is 1. The van der Waals surface area contributed by atoms with Crippen molar-refractivity contribution in [2.24, 2.45) is 5.10 Å². The lowest BCUT2D eigenvalue weighted by Gasteiger charge is -2.08. The van der Waals surface area contributed by atoms with E-state index < -0.39 is 10.8 Å². The molecule has 0 aromatic heterocycles. The highest BCUT2D eigenvalue weighted by Crippen LogP contribution is 2.18. The largest absolute Gasteiger partial charge is 0.489 e. The van der Waals surface area contributed by atoms with E-state index in [-0.39, 0.29) is 12.3 Å². The third-order valence-electron chi connectivity index (χ3n) is 2.99. The van der Waals surface area contributed by atoms with Gasteiger partial charge >= 0.3 is 0 Å². The van der Waals surface area contributed by atoms with E-state index in [4.69, 9.17) is 4.74 Å². The number of amides is 1. The molecule has 0 atom stereocenters. The number of nitrogens with zero attached hydrogens (tertiary/aromatic N) is 2. The summed E-state index contributed by atoms with van der Waals surface area (Å²) < 4.78 is 5.40. The molecule has 0 fully saturated rings. The Labute approximate surface area is 138 Å². The fraction of sp³-hybridized carbons (Fsp3) is 0.0588. The first-order chi connectivity index (χ1) is 11.6. The zero-order valence-corrected chi connectivity index (χ0v) is 12.7. The molecule has 1 amide bonds. The van der Waals surface area contributed by atoms with E-state index in [9.17, 15) is 14.9 Å². The Morgan fingerprint density at radius 2 is 1.96 bits per heavy atom. The number of rotatable bonds is 7. The van der Waals surface area contributed by atoms with Gasteiger partial charge in [0.2, 0.25) is 0 Å². The van der Waals surface area contributed by atoms with Crippen LogP contribution in [-0.4, -0.2) is 23.7 Å². The standard InChI is InChI=1S/C17H15N3O4/c1-2-11-24-16-10-6-4-8-14(16)17(21)19-18-12-13-7-3-5-9-15(13)20(22)23/h2-10,12H,1,11H2,(H,19,21). The summed E-state index contributed by atoms with van der Waals surface area (Å²) in [6.45, 7) is 3.82. The molecule has 0 saturated carbocycles. The summed E-state index contributed by atoms with van der Waals surface area (Å²) in [6, 6.07) is 12.8. The van der Waals surface area contributed by atoms with Crippen molar-refractivity contribution in [2.75, 3.05) is 6.61 Å². The number of hydrazone groups is 1. The van der Waals surface area contributed by atoms with E-state index in [1.807, 2.05) is 0 Å². The first kappa shape index (κ1) is 16.9. The lowest BCUT2D eigenvalue weighted by Crippen LogP contribution is -2.18. The number of carbonyl (C=O) groups is 1. The molecule has 0 unspecified atom stereocenters. The normalized spacial score (nSPS) is 10.3. The Hall–Kier alpha value is -3.48. The molecule has 122 valence electrons. The Kier molecular flexibility index (Phi) is 5.79. The fourth-order valence-corrected chi connectivity index (χ4v) is 1.91. The Balaban J connectivity index is 2.11. The molecule has 0 saturated heterocycles. The van der Waals surface area contributed by atoms with Gasteiger partial charge in [0.15, 0.2) is 0 Å². The number of nitro benzene ring substituents is 1. The van der Waals surface area contributed by atoms with Crippen molar-refractivity contribution in [2.45, 2.75) is 0 Å². The molecular formula is C17H15N3O4. The molecule has 0 bridgehead atoms. The summed E-state index contributed by atoms with van der Waals surface area (Å²) in [5, 5.41) is 14.7. The molecular weight excluding hydrogens is 310 g/mol. The predicted molar refractivity (Wildman–Crippen MR) is 90.3 cm³/mol. The van der Waals surface area contributed by atoms with E-state index in [0.717, 1.165) is 0 Å². The van der Waals surface area contributed by atoms with Crippen molar-refractivity contribution in [3.8, 4) is 5.75 Å². The van der Waals surface area contributed by atoms with Crippen LogP contribution in [0, 0.1) is 10.1 Å². The Morgan fingerprint density at radius 1 is 1.25 bits per heavy atom. The Morgan fingerprint density at radius 3 is 2.71 bits per heavy atom. The summed E-state index contributed by atoms with van der Waals surface area (Å²) in [5.41, 5.74) is 2.84. The van der Waals surface area contributed by atoms with Crippen LogP contribution in [0.25, 0.3) is 0 Å². The van der Waals surface area contributed by atoms with E-state index in [1.165, 1.54) is 18.3 Å². The van der Waals surface area contributed by atoms with Gasteiger partial charge < -0.3 is 4.74 Å². The maximum absolute atomic E-state index is 12.2. The Bertz CT molecular complexity index is 787. The van der Waals surface area contributed by atoms with Crippen LogP contribution in [0.3, 0.4) is 0 Å². The summed E-state index contributed by atoms with van der Waals surface area (Å²) in [5.74, 6) is -0.0831. The van der Waals surface area contributed by atoms with E-state index in [2.05, 4.69) is 17.1 Å². The van der Waals surface area contributed by atoms with Crippen molar-refractivity contribution in [1.29, 1.82) is 0 Å². The van der Waals surface area contributed by atoms with Gasteiger partial charge in [-0.1, -0.05) is 36.9 Å². The maximum Gasteiger partial charge on any atom is 0.278 e. The van der Waals surface area contributed by atoms with Crippen LogP contribution in [0.1, 0.15) is 15.9 Å². The van der Waals surface area contributed by atoms with Crippen molar-refractivity contribution in [3.63, 3.8) is 0 Å². The van der Waals surface area contributed by atoms with Gasteiger partial charge in [-0.3, -0.25) is 14.9 Å². The SMILES string of the molecule is C=CCOc1ccccc1C(=O)NN=Cc1ccccc1[N+](=O)[O-]. The average molecular weight is 325 g/mol. The van der Waals surface area contributed by atoms with E-state index >= 15 is 0 Å². The summed E-state index contributed by atoms with van der Waals surface area (Å²) in [4.78, 5) is 22.6. The second-order valence-corrected chi connectivity index (χ2v) is 4.61. The zero-order chi connectivity index (χ0) is 17.4. The molecule has 2 aromatic rings. The van der Waals surface area contributed by atoms with Crippen LogP contribution in [0.4, 0.5) is 5.69 Å². The van der Waals surface area contributed by atoms with Gasteiger partial charge in [0, 0.05) is 6.07 Å². The number of nitrogens with one attached hydrogen (secondary N) is 1. The van der Waals surface area contributed by atoms with Crippen molar-refractivity contribution >= 4 is 17.8 Å². The number of ether oxygens (including phenoxy) is 1. The molecule has 1 N–H and O–H groups in total. The van der Waals surface area contributed by atoms with Crippen LogP contribution in [0.15, 0.2) is 66.3 Å². The molecule has 2 rings (SSSR count).